The van der Waals surface area contributed by atoms with E-state index in [4.69, 9.17) is 4.74 Å². The zero-order valence-electron chi connectivity index (χ0n) is 8.19. The molecule has 0 aliphatic carbocycles. The molecule has 0 N–H and O–H groups in total. The Morgan fingerprint density at radius 1 is 1.38 bits per heavy atom. The van der Waals surface area contributed by atoms with Crippen molar-refractivity contribution in [2.45, 2.75) is 13.0 Å². The Bertz CT molecular complexity index is 215. The van der Waals surface area contributed by atoms with E-state index in [2.05, 4.69) is 16.9 Å². The van der Waals surface area contributed by atoms with Gasteiger partial charge in [-0.05, 0) is 12.5 Å². The first-order chi connectivity index (χ1) is 6.38. The molecule has 0 aromatic heterocycles. The van der Waals surface area contributed by atoms with Crippen LogP contribution in [0.5, 0.6) is 0 Å². The smallest absolute Gasteiger partial charge is 0.106 e. The van der Waals surface area contributed by atoms with Crippen LogP contribution in [0.3, 0.4) is 0 Å². The molecule has 1 saturated heterocycles. The highest BCUT2D eigenvalue weighted by Crippen LogP contribution is 2.28. The first kappa shape index (κ1) is 10.2. The Morgan fingerprint density at radius 2 is 1.92 bits per heavy atom. The fourth-order valence-corrected chi connectivity index (χ4v) is 0.908. The maximum absolute atomic E-state index is 5.09. The van der Waals surface area contributed by atoms with Crippen molar-refractivity contribution in [2.24, 2.45) is 0 Å². The van der Waals surface area contributed by atoms with E-state index in [9.17, 15) is 0 Å². The molecule has 0 saturated carbocycles. The third kappa shape index (κ3) is 4.06. The summed E-state index contributed by atoms with van der Waals surface area (Å²) in [5.74, 6) is 0. The lowest BCUT2D eigenvalue weighted by Gasteiger charge is -1.89. The predicted molar refractivity (Wildman–Crippen MR) is 52.7 cm³/mol. The molecular formula is C11H16O2. The van der Waals surface area contributed by atoms with Crippen molar-refractivity contribution in [2.75, 3.05) is 20.3 Å². The SMILES string of the molecule is CCOC.c1ccc(C2CO2)cc1. The summed E-state index contributed by atoms with van der Waals surface area (Å²) >= 11 is 0. The summed E-state index contributed by atoms with van der Waals surface area (Å²) in [4.78, 5) is 0. The van der Waals surface area contributed by atoms with E-state index < -0.39 is 0 Å². The fraction of sp³-hybridized carbons (Fsp3) is 0.455. The van der Waals surface area contributed by atoms with Crippen LogP contribution in [0.25, 0.3) is 0 Å². The quantitative estimate of drug-likeness (QED) is 0.652. The standard InChI is InChI=1S/C8H8O.C3H8O/c1-2-4-7(5-3-1)8-6-9-8;1-3-4-2/h1-5,8H,6H2;3H2,1-2H3. The van der Waals surface area contributed by atoms with Gasteiger partial charge >= 0.3 is 0 Å². The van der Waals surface area contributed by atoms with Crippen molar-refractivity contribution in [1.82, 2.24) is 0 Å². The van der Waals surface area contributed by atoms with Gasteiger partial charge in [-0.3, -0.25) is 0 Å². The van der Waals surface area contributed by atoms with Gasteiger partial charge in [0.25, 0.3) is 0 Å². The van der Waals surface area contributed by atoms with Gasteiger partial charge in [0, 0.05) is 13.7 Å². The minimum atomic E-state index is 0.409. The minimum absolute atomic E-state index is 0.409. The lowest BCUT2D eigenvalue weighted by Crippen LogP contribution is -1.75. The Morgan fingerprint density at radius 3 is 2.31 bits per heavy atom. The average Bonchev–Trinajstić information content (AvgIpc) is 3.03. The van der Waals surface area contributed by atoms with Crippen LogP contribution in [-0.4, -0.2) is 20.3 Å². The van der Waals surface area contributed by atoms with Crippen molar-refractivity contribution < 1.29 is 9.47 Å². The molecule has 0 radical (unpaired) electrons. The number of hydrogen-bond acceptors (Lipinski definition) is 2. The molecule has 0 spiro atoms. The largest absolute Gasteiger partial charge is 0.385 e. The third-order valence-corrected chi connectivity index (χ3v) is 1.79. The van der Waals surface area contributed by atoms with Gasteiger partial charge in [-0.2, -0.15) is 0 Å². The number of benzene rings is 1. The van der Waals surface area contributed by atoms with Gasteiger partial charge < -0.3 is 9.47 Å². The first-order valence-corrected chi connectivity index (χ1v) is 4.54. The maximum Gasteiger partial charge on any atom is 0.106 e. The number of epoxide rings is 1. The lowest BCUT2D eigenvalue weighted by molar-refractivity contribution is 0.215. The molecule has 2 rings (SSSR count). The van der Waals surface area contributed by atoms with E-state index in [0.29, 0.717) is 6.10 Å². The topological polar surface area (TPSA) is 21.8 Å². The summed E-state index contributed by atoms with van der Waals surface area (Å²) in [6.45, 7) is 3.68. The molecule has 1 aliphatic heterocycles. The van der Waals surface area contributed by atoms with Gasteiger partial charge in [0.05, 0.1) is 6.61 Å². The van der Waals surface area contributed by atoms with Crippen molar-refractivity contribution in [3.8, 4) is 0 Å². The Kier molecular flexibility index (Phi) is 4.50. The molecule has 2 nitrogen and oxygen atoms in total. The summed E-state index contributed by atoms with van der Waals surface area (Å²) in [5.41, 5.74) is 1.30. The monoisotopic (exact) mass is 180 g/mol. The number of methoxy groups -OCH3 is 1. The van der Waals surface area contributed by atoms with E-state index in [1.54, 1.807) is 7.11 Å². The number of hydrogen-bond donors (Lipinski definition) is 0. The molecule has 1 aromatic carbocycles. The van der Waals surface area contributed by atoms with E-state index >= 15 is 0 Å². The molecule has 72 valence electrons. The highest BCUT2D eigenvalue weighted by Gasteiger charge is 2.23. The Balaban J connectivity index is 0.000000184. The van der Waals surface area contributed by atoms with E-state index in [1.165, 1.54) is 5.56 Å². The fourth-order valence-electron chi connectivity index (χ4n) is 0.908. The van der Waals surface area contributed by atoms with Crippen LogP contribution >= 0.6 is 0 Å². The molecule has 1 aromatic rings. The van der Waals surface area contributed by atoms with Crippen LogP contribution in [0.4, 0.5) is 0 Å². The Hall–Kier alpha value is -0.860. The summed E-state index contributed by atoms with van der Waals surface area (Å²) < 4.78 is 9.64. The van der Waals surface area contributed by atoms with Crippen LogP contribution in [0, 0.1) is 0 Å². The van der Waals surface area contributed by atoms with Crippen molar-refractivity contribution >= 4 is 0 Å². The van der Waals surface area contributed by atoms with Gasteiger partial charge in [-0.1, -0.05) is 30.3 Å². The van der Waals surface area contributed by atoms with Crippen molar-refractivity contribution in [1.29, 1.82) is 0 Å². The summed E-state index contributed by atoms with van der Waals surface area (Å²) in [5, 5.41) is 0. The maximum atomic E-state index is 5.09. The van der Waals surface area contributed by atoms with Crippen LogP contribution < -0.4 is 0 Å². The highest BCUT2D eigenvalue weighted by molar-refractivity contribution is 5.19. The average molecular weight is 180 g/mol. The molecule has 1 unspecified atom stereocenters. The summed E-state index contributed by atoms with van der Waals surface area (Å²) in [7, 11) is 1.68. The van der Waals surface area contributed by atoms with Crippen molar-refractivity contribution in [3.63, 3.8) is 0 Å². The van der Waals surface area contributed by atoms with Crippen LogP contribution in [0.15, 0.2) is 30.3 Å². The molecule has 2 heteroatoms. The normalized spacial score (nSPS) is 18.8. The number of rotatable bonds is 2. The van der Waals surface area contributed by atoms with Crippen LogP contribution in [0.2, 0.25) is 0 Å². The van der Waals surface area contributed by atoms with Gasteiger partial charge in [0.2, 0.25) is 0 Å². The molecule has 0 amide bonds. The molecule has 1 fully saturated rings. The van der Waals surface area contributed by atoms with Gasteiger partial charge in [0.15, 0.2) is 0 Å². The first-order valence-electron chi connectivity index (χ1n) is 4.54. The summed E-state index contributed by atoms with van der Waals surface area (Å²) in [6, 6.07) is 10.3. The van der Waals surface area contributed by atoms with Gasteiger partial charge in [-0.25, -0.2) is 0 Å². The zero-order chi connectivity index (χ0) is 9.52. The van der Waals surface area contributed by atoms with Crippen molar-refractivity contribution in [3.05, 3.63) is 35.9 Å². The predicted octanol–water partition coefficient (Wildman–Crippen LogP) is 2.41. The molecular weight excluding hydrogens is 164 g/mol. The van der Waals surface area contributed by atoms with E-state index in [1.807, 2.05) is 25.1 Å². The van der Waals surface area contributed by atoms with E-state index in [-0.39, 0.29) is 0 Å². The van der Waals surface area contributed by atoms with Gasteiger partial charge in [0.1, 0.15) is 6.10 Å². The summed E-state index contributed by atoms with van der Waals surface area (Å²) in [6.07, 6.45) is 0.409. The second kappa shape index (κ2) is 5.73. The highest BCUT2D eigenvalue weighted by atomic mass is 16.6. The molecule has 0 bridgehead atoms. The Labute approximate surface area is 79.5 Å². The second-order valence-electron chi connectivity index (χ2n) is 2.81. The lowest BCUT2D eigenvalue weighted by atomic mass is 10.2. The second-order valence-corrected chi connectivity index (χ2v) is 2.81. The molecule has 1 heterocycles. The third-order valence-electron chi connectivity index (χ3n) is 1.79. The van der Waals surface area contributed by atoms with Crippen LogP contribution in [-0.2, 0) is 9.47 Å². The molecule has 1 atom stereocenters. The zero-order valence-corrected chi connectivity index (χ0v) is 8.19. The van der Waals surface area contributed by atoms with Crippen LogP contribution in [0.1, 0.15) is 18.6 Å². The number of ether oxygens (including phenoxy) is 2. The van der Waals surface area contributed by atoms with E-state index in [0.717, 1.165) is 13.2 Å². The minimum Gasteiger partial charge on any atom is -0.385 e. The molecule has 13 heavy (non-hydrogen) atoms. The molecule has 1 aliphatic rings. The van der Waals surface area contributed by atoms with Gasteiger partial charge in [-0.15, -0.1) is 0 Å².